The third kappa shape index (κ3) is 4.10. The van der Waals surface area contributed by atoms with E-state index in [9.17, 15) is 0 Å². The summed E-state index contributed by atoms with van der Waals surface area (Å²) in [5.74, 6) is 0.999. The van der Waals surface area contributed by atoms with E-state index in [2.05, 4.69) is 45.1 Å². The van der Waals surface area contributed by atoms with Gasteiger partial charge in [0.25, 0.3) is 0 Å². The van der Waals surface area contributed by atoms with Crippen LogP contribution in [-0.2, 0) is 16.2 Å². The van der Waals surface area contributed by atoms with Crippen LogP contribution in [0.25, 0.3) is 11.0 Å². The summed E-state index contributed by atoms with van der Waals surface area (Å²) in [5.41, 5.74) is 0.939. The highest BCUT2D eigenvalue weighted by Crippen LogP contribution is 2.24. The first kappa shape index (κ1) is 16.4. The van der Waals surface area contributed by atoms with Crippen LogP contribution >= 0.6 is 0 Å². The topological polar surface area (TPSA) is 52.4 Å². The van der Waals surface area contributed by atoms with E-state index in [4.69, 9.17) is 9.47 Å². The van der Waals surface area contributed by atoms with Crippen LogP contribution in [0.2, 0.25) is 25.7 Å². The summed E-state index contributed by atoms with van der Waals surface area (Å²) in [6.07, 6.45) is 3.68. The molecule has 1 fully saturated rings. The molecule has 0 atom stereocenters. The van der Waals surface area contributed by atoms with E-state index >= 15 is 0 Å². The molecule has 2 aromatic rings. The van der Waals surface area contributed by atoms with Gasteiger partial charge in [-0.3, -0.25) is 0 Å². The zero-order valence-corrected chi connectivity index (χ0v) is 15.3. The van der Waals surface area contributed by atoms with E-state index in [0.717, 1.165) is 49.8 Å². The second-order valence-corrected chi connectivity index (χ2v) is 12.8. The van der Waals surface area contributed by atoms with E-state index in [0.29, 0.717) is 6.73 Å². The number of hydrogen-bond acceptors (Lipinski definition) is 5. The standard InChI is InChI=1S/C16H26N4O2Si/c1-23(2,3)11-10-22-13-20-5-4-14-15(17-12-18-16(14)20)19-6-8-21-9-7-19/h4-5,12H,6-11,13H2,1-3H3. The smallest absolute Gasteiger partial charge is 0.147 e. The number of nitrogens with zero attached hydrogens (tertiary/aromatic N) is 4. The van der Waals surface area contributed by atoms with Crippen LogP contribution in [0.1, 0.15) is 0 Å². The van der Waals surface area contributed by atoms with Crippen molar-refractivity contribution in [3.63, 3.8) is 0 Å². The van der Waals surface area contributed by atoms with Crippen molar-refractivity contribution in [3.05, 3.63) is 18.6 Å². The molecule has 1 aliphatic rings. The Hall–Kier alpha value is -1.44. The molecule has 23 heavy (non-hydrogen) atoms. The van der Waals surface area contributed by atoms with Crippen molar-refractivity contribution in [1.29, 1.82) is 0 Å². The highest BCUT2D eigenvalue weighted by molar-refractivity contribution is 6.76. The van der Waals surface area contributed by atoms with Crippen LogP contribution in [0, 0.1) is 0 Å². The van der Waals surface area contributed by atoms with Crippen molar-refractivity contribution in [2.45, 2.75) is 32.4 Å². The minimum atomic E-state index is -1.04. The van der Waals surface area contributed by atoms with E-state index in [1.54, 1.807) is 6.33 Å². The molecule has 0 N–H and O–H groups in total. The van der Waals surface area contributed by atoms with Crippen molar-refractivity contribution in [2.75, 3.05) is 37.8 Å². The minimum Gasteiger partial charge on any atom is -0.378 e. The number of anilines is 1. The highest BCUT2D eigenvalue weighted by atomic mass is 28.3. The third-order valence-corrected chi connectivity index (χ3v) is 5.78. The molecule has 2 aromatic heterocycles. The summed E-state index contributed by atoms with van der Waals surface area (Å²) >= 11 is 0. The van der Waals surface area contributed by atoms with Crippen LogP contribution in [0.15, 0.2) is 18.6 Å². The Bertz CT molecular complexity index is 647. The maximum Gasteiger partial charge on any atom is 0.147 e. The Balaban J connectivity index is 1.70. The molecular weight excluding hydrogens is 308 g/mol. The molecule has 1 saturated heterocycles. The molecule has 0 aromatic carbocycles. The van der Waals surface area contributed by atoms with E-state index in [-0.39, 0.29) is 0 Å². The van der Waals surface area contributed by atoms with Gasteiger partial charge in [-0.25, -0.2) is 9.97 Å². The first-order chi connectivity index (χ1) is 11.0. The molecule has 3 rings (SSSR count). The molecule has 0 aliphatic carbocycles. The number of ether oxygens (including phenoxy) is 2. The number of morpholine rings is 1. The van der Waals surface area contributed by atoms with Crippen LogP contribution < -0.4 is 4.90 Å². The summed E-state index contributed by atoms with van der Waals surface area (Å²) in [7, 11) is -1.04. The fourth-order valence-electron chi connectivity index (χ4n) is 2.66. The van der Waals surface area contributed by atoms with Crippen LogP contribution in [-0.4, -0.2) is 55.5 Å². The van der Waals surface area contributed by atoms with Gasteiger partial charge in [0.1, 0.15) is 24.5 Å². The summed E-state index contributed by atoms with van der Waals surface area (Å²) in [6, 6.07) is 3.27. The molecule has 0 bridgehead atoms. The molecule has 7 heteroatoms. The zero-order chi connectivity index (χ0) is 16.3. The van der Waals surface area contributed by atoms with Crippen LogP contribution in [0.3, 0.4) is 0 Å². The lowest BCUT2D eigenvalue weighted by Crippen LogP contribution is -2.36. The van der Waals surface area contributed by atoms with Gasteiger partial charge in [0.15, 0.2) is 0 Å². The average Bonchev–Trinajstić information content (AvgIpc) is 2.95. The Morgan fingerprint density at radius 3 is 2.74 bits per heavy atom. The lowest BCUT2D eigenvalue weighted by Gasteiger charge is -2.28. The molecular formula is C16H26N4O2Si. The molecule has 0 spiro atoms. The number of rotatable bonds is 6. The minimum absolute atomic E-state index is 0.549. The number of hydrogen-bond donors (Lipinski definition) is 0. The van der Waals surface area contributed by atoms with Gasteiger partial charge in [0.2, 0.25) is 0 Å². The number of fused-ring (bicyclic) bond motifs is 1. The van der Waals surface area contributed by atoms with Crippen LogP contribution in [0.4, 0.5) is 5.82 Å². The summed E-state index contributed by atoms with van der Waals surface area (Å²) in [6.45, 7) is 11.7. The number of aromatic nitrogens is 3. The fourth-order valence-corrected chi connectivity index (χ4v) is 3.42. The van der Waals surface area contributed by atoms with Crippen molar-refractivity contribution < 1.29 is 9.47 Å². The Kier molecular flexibility index (Phi) is 4.98. The SMILES string of the molecule is C[Si](C)(C)CCOCn1ccc2c(N3CCOCC3)ncnc21. The zero-order valence-electron chi connectivity index (χ0n) is 14.3. The lowest BCUT2D eigenvalue weighted by molar-refractivity contribution is 0.0899. The highest BCUT2D eigenvalue weighted by Gasteiger charge is 2.17. The van der Waals surface area contributed by atoms with Gasteiger partial charge in [-0.1, -0.05) is 19.6 Å². The van der Waals surface area contributed by atoms with Gasteiger partial charge in [-0.15, -0.1) is 0 Å². The molecule has 126 valence electrons. The molecule has 1 aliphatic heterocycles. The van der Waals surface area contributed by atoms with E-state index in [1.807, 2.05) is 6.20 Å². The Morgan fingerprint density at radius 1 is 1.22 bits per heavy atom. The second-order valence-electron chi connectivity index (χ2n) is 7.17. The maximum absolute atomic E-state index is 5.85. The normalized spacial score (nSPS) is 16.2. The lowest BCUT2D eigenvalue weighted by atomic mass is 10.3. The molecule has 6 nitrogen and oxygen atoms in total. The average molecular weight is 334 g/mol. The first-order valence-corrected chi connectivity index (χ1v) is 12.0. The van der Waals surface area contributed by atoms with Crippen molar-refractivity contribution in [2.24, 2.45) is 0 Å². The van der Waals surface area contributed by atoms with Gasteiger partial charge >= 0.3 is 0 Å². The van der Waals surface area contributed by atoms with Crippen molar-refractivity contribution >= 4 is 24.9 Å². The first-order valence-electron chi connectivity index (χ1n) is 8.25. The van der Waals surface area contributed by atoms with Crippen molar-refractivity contribution in [1.82, 2.24) is 14.5 Å². The second kappa shape index (κ2) is 6.98. The molecule has 0 amide bonds. The predicted molar refractivity (Wildman–Crippen MR) is 94.7 cm³/mol. The Labute approximate surface area is 138 Å². The quantitative estimate of drug-likeness (QED) is 0.600. The van der Waals surface area contributed by atoms with E-state index < -0.39 is 8.07 Å². The molecule has 3 heterocycles. The molecule has 0 radical (unpaired) electrons. The third-order valence-electron chi connectivity index (χ3n) is 4.07. The monoisotopic (exact) mass is 334 g/mol. The van der Waals surface area contributed by atoms with Gasteiger partial charge in [-0.05, 0) is 12.1 Å². The molecule has 0 saturated carbocycles. The van der Waals surface area contributed by atoms with E-state index in [1.165, 1.54) is 6.04 Å². The summed E-state index contributed by atoms with van der Waals surface area (Å²) in [5, 5.41) is 1.09. The van der Waals surface area contributed by atoms with Gasteiger partial charge in [0, 0.05) is 34.0 Å². The van der Waals surface area contributed by atoms with Gasteiger partial charge in [0.05, 0.1) is 18.6 Å². The summed E-state index contributed by atoms with van der Waals surface area (Å²) in [4.78, 5) is 11.2. The van der Waals surface area contributed by atoms with Gasteiger partial charge in [-0.2, -0.15) is 0 Å². The molecule has 0 unspecified atom stereocenters. The summed E-state index contributed by atoms with van der Waals surface area (Å²) < 4.78 is 13.3. The fraction of sp³-hybridized carbons (Fsp3) is 0.625. The predicted octanol–water partition coefficient (Wildman–Crippen LogP) is 2.58. The Morgan fingerprint density at radius 2 is 2.00 bits per heavy atom. The van der Waals surface area contributed by atoms with Crippen LogP contribution in [0.5, 0.6) is 0 Å². The van der Waals surface area contributed by atoms with Gasteiger partial charge < -0.3 is 18.9 Å². The maximum atomic E-state index is 5.85. The van der Waals surface area contributed by atoms with Crippen molar-refractivity contribution in [3.8, 4) is 0 Å². The largest absolute Gasteiger partial charge is 0.378 e.